The first kappa shape index (κ1) is 20.0. The van der Waals surface area contributed by atoms with Crippen molar-refractivity contribution in [1.29, 1.82) is 0 Å². The summed E-state index contributed by atoms with van der Waals surface area (Å²) in [4.78, 5) is 12.8. The molecule has 0 aliphatic heterocycles. The summed E-state index contributed by atoms with van der Waals surface area (Å²) in [6, 6.07) is 8.22. The highest BCUT2D eigenvalue weighted by molar-refractivity contribution is 8.69. The van der Waals surface area contributed by atoms with E-state index in [9.17, 15) is 4.79 Å². The van der Waals surface area contributed by atoms with Crippen LogP contribution in [0.1, 0.15) is 32.8 Å². The van der Waals surface area contributed by atoms with Crippen LogP contribution in [0.3, 0.4) is 0 Å². The third-order valence-electron chi connectivity index (χ3n) is 3.12. The summed E-state index contributed by atoms with van der Waals surface area (Å²) in [6.07, 6.45) is 3.89. The second-order valence-electron chi connectivity index (χ2n) is 4.76. The van der Waals surface area contributed by atoms with Crippen molar-refractivity contribution < 1.29 is 9.32 Å². The van der Waals surface area contributed by atoms with Gasteiger partial charge in [0.2, 0.25) is 12.0 Å². The van der Waals surface area contributed by atoms with Crippen molar-refractivity contribution in [2.75, 3.05) is 12.9 Å². The average molecular weight is 378 g/mol. The number of thioether (sulfide) groups is 1. The van der Waals surface area contributed by atoms with Gasteiger partial charge in [0.1, 0.15) is 0 Å². The highest BCUT2D eigenvalue weighted by Crippen LogP contribution is 2.64. The third kappa shape index (κ3) is 5.89. The zero-order valence-corrected chi connectivity index (χ0v) is 16.9. The standard InChI is InChI=1S/C15H24NO2PS3/c1-5-13(3)22-19(20,18-6-2)16(12-17)11-14-7-9-15(21-4)10-8-14/h7-10,12-13H,5-6,11H2,1-4H3. The van der Waals surface area contributed by atoms with Gasteiger partial charge >= 0.3 is 0 Å². The van der Waals surface area contributed by atoms with E-state index in [2.05, 4.69) is 26.0 Å². The fourth-order valence-corrected chi connectivity index (χ4v) is 8.74. The molecule has 124 valence electrons. The molecule has 7 heteroatoms. The predicted octanol–water partition coefficient (Wildman–Crippen LogP) is 5.16. The Morgan fingerprint density at radius 3 is 2.45 bits per heavy atom. The highest BCUT2D eigenvalue weighted by Gasteiger charge is 2.28. The van der Waals surface area contributed by atoms with Crippen LogP contribution in [-0.2, 0) is 27.7 Å². The molecular formula is C15H24NO2PS3. The Balaban J connectivity index is 2.92. The molecule has 2 atom stereocenters. The molecule has 0 heterocycles. The summed E-state index contributed by atoms with van der Waals surface area (Å²) in [6.45, 7) is 7.19. The summed E-state index contributed by atoms with van der Waals surface area (Å²) in [5.74, 6) is 0. The lowest BCUT2D eigenvalue weighted by Gasteiger charge is -2.32. The van der Waals surface area contributed by atoms with Gasteiger partial charge in [-0.2, -0.15) is 0 Å². The minimum Gasteiger partial charge on any atom is -0.327 e. The zero-order valence-electron chi connectivity index (χ0n) is 13.5. The van der Waals surface area contributed by atoms with E-state index >= 15 is 0 Å². The molecule has 3 nitrogen and oxygen atoms in total. The van der Waals surface area contributed by atoms with Gasteiger partial charge in [0.25, 0.3) is 0 Å². The molecule has 1 amide bonds. The van der Waals surface area contributed by atoms with E-state index in [4.69, 9.17) is 16.3 Å². The quantitative estimate of drug-likeness (QED) is 0.319. The lowest BCUT2D eigenvalue weighted by atomic mass is 10.2. The molecule has 1 aromatic rings. The Hall–Kier alpha value is -0.0000000000000000555. The summed E-state index contributed by atoms with van der Waals surface area (Å²) in [7, 11) is 0. The molecule has 0 spiro atoms. The smallest absolute Gasteiger partial charge is 0.216 e. The van der Waals surface area contributed by atoms with Gasteiger partial charge in [0.05, 0.1) is 13.2 Å². The van der Waals surface area contributed by atoms with Gasteiger partial charge < -0.3 is 4.52 Å². The second-order valence-corrected chi connectivity index (χ2v) is 12.7. The maximum atomic E-state index is 11.6. The normalized spacial score (nSPS) is 15.1. The average Bonchev–Trinajstić information content (AvgIpc) is 2.53. The Labute approximate surface area is 147 Å². The molecule has 0 N–H and O–H groups in total. The number of carbonyl (C=O) groups excluding carboxylic acids is 1. The van der Waals surface area contributed by atoms with E-state index in [1.54, 1.807) is 27.8 Å². The van der Waals surface area contributed by atoms with Crippen LogP contribution >= 0.6 is 28.8 Å². The van der Waals surface area contributed by atoms with E-state index in [1.165, 1.54) is 4.90 Å². The third-order valence-corrected chi connectivity index (χ3v) is 10.8. The molecule has 0 radical (unpaired) electrons. The zero-order chi connectivity index (χ0) is 16.6. The van der Waals surface area contributed by atoms with Crippen molar-refractivity contribution >= 4 is 47.0 Å². The molecule has 1 rings (SSSR count). The molecule has 0 aromatic heterocycles. The van der Waals surface area contributed by atoms with Crippen LogP contribution in [-0.4, -0.2) is 29.2 Å². The molecule has 0 aliphatic carbocycles. The summed E-state index contributed by atoms with van der Waals surface area (Å²) < 4.78 is 7.53. The molecule has 1 aromatic carbocycles. The maximum absolute atomic E-state index is 11.6. The molecular weight excluding hydrogens is 353 g/mol. The molecule has 22 heavy (non-hydrogen) atoms. The minimum absolute atomic E-state index is 0.374. The molecule has 0 saturated heterocycles. The van der Waals surface area contributed by atoms with Crippen LogP contribution in [0.15, 0.2) is 29.2 Å². The van der Waals surface area contributed by atoms with Gasteiger partial charge in [-0.15, -0.1) is 11.8 Å². The van der Waals surface area contributed by atoms with E-state index in [-0.39, 0.29) is 0 Å². The number of benzene rings is 1. The van der Waals surface area contributed by atoms with Crippen molar-refractivity contribution in [3.8, 4) is 0 Å². The van der Waals surface area contributed by atoms with E-state index in [0.717, 1.165) is 18.4 Å². The predicted molar refractivity (Wildman–Crippen MR) is 103 cm³/mol. The lowest BCUT2D eigenvalue weighted by Crippen LogP contribution is -2.19. The van der Waals surface area contributed by atoms with E-state index in [0.29, 0.717) is 18.4 Å². The van der Waals surface area contributed by atoms with Crippen molar-refractivity contribution in [3.63, 3.8) is 0 Å². The van der Waals surface area contributed by atoms with Crippen molar-refractivity contribution in [2.24, 2.45) is 0 Å². The first-order valence-electron chi connectivity index (χ1n) is 7.27. The lowest BCUT2D eigenvalue weighted by molar-refractivity contribution is -0.114. The van der Waals surface area contributed by atoms with Crippen LogP contribution in [0, 0.1) is 0 Å². The van der Waals surface area contributed by atoms with E-state index < -0.39 is 5.62 Å². The number of carbonyl (C=O) groups is 1. The SMILES string of the molecule is CCOP(=S)(SC(C)CC)N(C=O)Cc1ccc(SC)cc1. The number of nitrogens with zero attached hydrogens (tertiary/aromatic N) is 1. The first-order chi connectivity index (χ1) is 10.5. The van der Waals surface area contributed by atoms with Crippen LogP contribution in [0.5, 0.6) is 0 Å². The highest BCUT2D eigenvalue weighted by atomic mass is 32.9. The molecule has 2 unspecified atom stereocenters. The summed E-state index contributed by atoms with van der Waals surface area (Å²) >= 11 is 9.08. The van der Waals surface area contributed by atoms with Crippen LogP contribution in [0.25, 0.3) is 0 Å². The van der Waals surface area contributed by atoms with Crippen molar-refractivity contribution in [2.45, 2.75) is 43.9 Å². The van der Waals surface area contributed by atoms with Gasteiger partial charge in [-0.05, 0) is 49.1 Å². The fourth-order valence-electron chi connectivity index (χ4n) is 1.73. The van der Waals surface area contributed by atoms with Gasteiger partial charge in [-0.3, -0.25) is 9.46 Å². The molecule has 0 bridgehead atoms. The fraction of sp³-hybridized carbons (Fsp3) is 0.533. The molecule has 0 aliphatic rings. The number of hydrogen-bond donors (Lipinski definition) is 0. The van der Waals surface area contributed by atoms with Crippen LogP contribution in [0.4, 0.5) is 0 Å². The van der Waals surface area contributed by atoms with Gasteiger partial charge in [-0.1, -0.05) is 37.4 Å². The number of hydrogen-bond acceptors (Lipinski definition) is 5. The van der Waals surface area contributed by atoms with Crippen LogP contribution in [0.2, 0.25) is 0 Å². The Kier molecular flexibility index (Phi) is 9.10. The second kappa shape index (κ2) is 9.99. The maximum Gasteiger partial charge on any atom is 0.216 e. The van der Waals surface area contributed by atoms with Gasteiger partial charge in [0, 0.05) is 10.1 Å². The minimum atomic E-state index is -2.38. The number of rotatable bonds is 10. The number of amides is 1. The Morgan fingerprint density at radius 1 is 1.36 bits per heavy atom. The monoisotopic (exact) mass is 377 g/mol. The van der Waals surface area contributed by atoms with Crippen molar-refractivity contribution in [1.82, 2.24) is 4.67 Å². The summed E-state index contributed by atoms with van der Waals surface area (Å²) in [5, 5.41) is 0.374. The first-order valence-corrected chi connectivity index (χ1v) is 12.7. The Bertz CT molecular complexity index is 510. The topological polar surface area (TPSA) is 29.5 Å². The molecule has 0 saturated carbocycles. The van der Waals surface area contributed by atoms with Crippen molar-refractivity contribution in [3.05, 3.63) is 29.8 Å². The van der Waals surface area contributed by atoms with Gasteiger partial charge in [0.15, 0.2) is 0 Å². The molecule has 0 fully saturated rings. The Morgan fingerprint density at radius 2 is 2.00 bits per heavy atom. The largest absolute Gasteiger partial charge is 0.327 e. The van der Waals surface area contributed by atoms with Gasteiger partial charge in [-0.25, -0.2) is 0 Å². The van der Waals surface area contributed by atoms with Crippen LogP contribution < -0.4 is 0 Å². The van der Waals surface area contributed by atoms with E-state index in [1.807, 2.05) is 25.3 Å². The summed E-state index contributed by atoms with van der Waals surface area (Å²) in [5.41, 5.74) is -1.30.